The normalized spacial score (nSPS) is 14.0. The number of aromatic nitrogens is 4. The predicted molar refractivity (Wildman–Crippen MR) is 85.9 cm³/mol. The molecule has 0 radical (unpaired) electrons. The second-order valence-electron chi connectivity index (χ2n) is 5.65. The summed E-state index contributed by atoms with van der Waals surface area (Å²) < 4.78 is 1.66. The molecule has 126 valence electrons. The molecule has 0 aromatic carbocycles. The first kappa shape index (κ1) is 17.1. The summed E-state index contributed by atoms with van der Waals surface area (Å²) in [7, 11) is 0. The molecule has 2 aromatic rings. The molecule has 3 N–H and O–H groups in total. The van der Waals surface area contributed by atoms with Crippen molar-refractivity contribution >= 4 is 22.9 Å². The van der Waals surface area contributed by atoms with E-state index in [2.05, 4.69) is 21.9 Å². The Morgan fingerprint density at radius 2 is 2.13 bits per heavy atom. The average Bonchev–Trinajstić information content (AvgIpc) is 2.91. The van der Waals surface area contributed by atoms with Crippen LogP contribution in [0.15, 0.2) is 6.33 Å². The fourth-order valence-corrected chi connectivity index (χ4v) is 2.64. The Kier molecular flexibility index (Phi) is 5.43. The van der Waals surface area contributed by atoms with E-state index in [1.54, 1.807) is 11.5 Å². The third kappa shape index (κ3) is 3.73. The van der Waals surface area contributed by atoms with E-state index < -0.39 is 17.0 Å². The van der Waals surface area contributed by atoms with Crippen molar-refractivity contribution in [1.29, 1.82) is 0 Å². The van der Waals surface area contributed by atoms with Gasteiger partial charge in [-0.15, -0.1) is 0 Å². The molecular weight excluding hydrogens is 300 g/mol. The molecule has 0 bridgehead atoms. The Balaban J connectivity index is 2.37. The number of fused-ring (bicyclic) bond motifs is 1. The zero-order chi connectivity index (χ0) is 17.0. The van der Waals surface area contributed by atoms with E-state index >= 15 is 0 Å². The second kappa shape index (κ2) is 7.32. The van der Waals surface area contributed by atoms with Crippen molar-refractivity contribution in [2.24, 2.45) is 0 Å². The molecule has 0 saturated carbocycles. The molecule has 0 saturated heterocycles. The molecule has 23 heavy (non-hydrogen) atoms. The topological polar surface area (TPSA) is 133 Å². The summed E-state index contributed by atoms with van der Waals surface area (Å²) in [5, 5.41) is 21.0. The lowest BCUT2D eigenvalue weighted by Gasteiger charge is -2.21. The third-order valence-electron chi connectivity index (χ3n) is 3.87. The molecule has 0 aliphatic carbocycles. The summed E-state index contributed by atoms with van der Waals surface area (Å²) in [5.74, 6) is -0.595. The van der Waals surface area contributed by atoms with Crippen LogP contribution in [0.1, 0.15) is 52.0 Å². The van der Waals surface area contributed by atoms with Crippen molar-refractivity contribution in [3.8, 4) is 0 Å². The maximum atomic E-state index is 10.9. The van der Waals surface area contributed by atoms with Crippen molar-refractivity contribution in [3.63, 3.8) is 0 Å². The van der Waals surface area contributed by atoms with Gasteiger partial charge in [-0.25, -0.2) is 4.98 Å². The van der Waals surface area contributed by atoms with E-state index in [-0.39, 0.29) is 17.5 Å². The summed E-state index contributed by atoms with van der Waals surface area (Å²) in [6.07, 6.45) is 5.90. The number of unbranched alkanes of at least 4 members (excludes halogenated alkanes) is 3. The molecule has 0 spiro atoms. The van der Waals surface area contributed by atoms with Gasteiger partial charge >= 0.3 is 5.95 Å². The quantitative estimate of drug-likeness (QED) is 0.432. The Morgan fingerprint density at radius 1 is 1.39 bits per heavy atom. The number of anilines is 1. The van der Waals surface area contributed by atoms with Crippen molar-refractivity contribution in [2.45, 2.75) is 58.1 Å². The van der Waals surface area contributed by atoms with Crippen LogP contribution < -0.4 is 5.73 Å². The third-order valence-corrected chi connectivity index (χ3v) is 3.87. The monoisotopic (exact) mass is 322 g/mol. The maximum Gasteiger partial charge on any atom is 0.473 e. The molecule has 2 aromatic heterocycles. The van der Waals surface area contributed by atoms with Crippen LogP contribution in [0, 0.1) is 10.1 Å². The van der Waals surface area contributed by atoms with Gasteiger partial charge in [-0.2, -0.15) is 0 Å². The Bertz CT molecular complexity index is 684. The number of nitrogen functional groups attached to an aromatic ring is 1. The fourth-order valence-electron chi connectivity index (χ4n) is 2.64. The summed E-state index contributed by atoms with van der Waals surface area (Å²) >= 11 is 0. The number of aliphatic hydroxyl groups excluding tert-OH is 1. The standard InChI is InChI=1S/C14H22N6O3/c1-3-4-5-6-7-10(9(2)21)19-8-16-11-12(15)17-14(20(22)23)18-13(11)19/h8-10,21H,3-7H2,1-2H3,(H2,15,17,18). The van der Waals surface area contributed by atoms with Crippen LogP contribution in [0.5, 0.6) is 0 Å². The summed E-state index contributed by atoms with van der Waals surface area (Å²) in [4.78, 5) is 22.0. The second-order valence-corrected chi connectivity index (χ2v) is 5.65. The SMILES string of the molecule is CCCCCCC(C(C)O)n1cnc2c(N)nc([N+](=O)[O-])nc21. The van der Waals surface area contributed by atoms with Gasteiger partial charge in [-0.1, -0.05) is 32.6 Å². The minimum absolute atomic E-state index is 0.0317. The number of imidazole rings is 1. The lowest BCUT2D eigenvalue weighted by Crippen LogP contribution is -2.21. The van der Waals surface area contributed by atoms with Gasteiger partial charge in [-0.3, -0.25) is 4.57 Å². The minimum Gasteiger partial charge on any atom is -0.391 e. The molecule has 2 rings (SSSR count). The van der Waals surface area contributed by atoms with E-state index in [4.69, 9.17) is 5.73 Å². The van der Waals surface area contributed by atoms with Gasteiger partial charge in [0.25, 0.3) is 0 Å². The first-order valence-corrected chi connectivity index (χ1v) is 7.78. The first-order chi connectivity index (χ1) is 11.0. The molecule has 0 aliphatic rings. The number of nitro groups is 1. The van der Waals surface area contributed by atoms with Crippen LogP contribution in [-0.2, 0) is 0 Å². The fraction of sp³-hybridized carbons (Fsp3) is 0.643. The van der Waals surface area contributed by atoms with Crippen molar-refractivity contribution in [3.05, 3.63) is 16.4 Å². The lowest BCUT2D eigenvalue weighted by atomic mass is 10.0. The average molecular weight is 322 g/mol. The van der Waals surface area contributed by atoms with Gasteiger partial charge in [0.05, 0.1) is 18.5 Å². The summed E-state index contributed by atoms with van der Waals surface area (Å²) in [6, 6.07) is -0.259. The molecule has 2 unspecified atom stereocenters. The van der Waals surface area contributed by atoms with Crippen LogP contribution in [0.2, 0.25) is 0 Å². The summed E-state index contributed by atoms with van der Waals surface area (Å²) in [6.45, 7) is 3.82. The Labute approximate surface area is 133 Å². The molecule has 9 nitrogen and oxygen atoms in total. The van der Waals surface area contributed by atoms with E-state index in [1.807, 2.05) is 0 Å². The molecule has 9 heteroatoms. The number of aliphatic hydroxyl groups is 1. The number of hydrogen-bond donors (Lipinski definition) is 2. The molecule has 2 heterocycles. The van der Waals surface area contributed by atoms with Gasteiger partial charge in [-0.05, 0) is 28.2 Å². The number of hydrogen-bond acceptors (Lipinski definition) is 7. The largest absolute Gasteiger partial charge is 0.473 e. The molecule has 0 fully saturated rings. The van der Waals surface area contributed by atoms with Gasteiger partial charge < -0.3 is 21.0 Å². The Hall–Kier alpha value is -2.29. The number of nitrogens with two attached hydrogens (primary N) is 1. The highest BCUT2D eigenvalue weighted by Gasteiger charge is 2.25. The smallest absolute Gasteiger partial charge is 0.391 e. The minimum atomic E-state index is -0.689. The molecule has 0 amide bonds. The highest BCUT2D eigenvalue weighted by atomic mass is 16.6. The number of rotatable bonds is 8. The number of nitrogens with zero attached hydrogens (tertiary/aromatic N) is 5. The van der Waals surface area contributed by atoms with Crippen LogP contribution in [0.4, 0.5) is 11.8 Å². The van der Waals surface area contributed by atoms with Gasteiger partial charge in [0.15, 0.2) is 5.52 Å². The highest BCUT2D eigenvalue weighted by Crippen LogP contribution is 2.27. The van der Waals surface area contributed by atoms with E-state index in [9.17, 15) is 15.2 Å². The van der Waals surface area contributed by atoms with E-state index in [0.717, 1.165) is 32.1 Å². The van der Waals surface area contributed by atoms with Crippen molar-refractivity contribution < 1.29 is 10.0 Å². The first-order valence-electron chi connectivity index (χ1n) is 7.78. The Morgan fingerprint density at radius 3 is 2.74 bits per heavy atom. The molecular formula is C14H22N6O3. The summed E-state index contributed by atoms with van der Waals surface area (Å²) in [5.41, 5.74) is 6.33. The molecule has 2 atom stereocenters. The van der Waals surface area contributed by atoms with Gasteiger partial charge in [0.2, 0.25) is 11.5 Å². The van der Waals surface area contributed by atoms with Crippen LogP contribution in [0.25, 0.3) is 11.2 Å². The van der Waals surface area contributed by atoms with Crippen molar-refractivity contribution in [2.75, 3.05) is 5.73 Å². The van der Waals surface area contributed by atoms with Crippen LogP contribution in [0.3, 0.4) is 0 Å². The molecule has 0 aliphatic heterocycles. The van der Waals surface area contributed by atoms with E-state index in [0.29, 0.717) is 5.52 Å². The van der Waals surface area contributed by atoms with Gasteiger partial charge in [0, 0.05) is 0 Å². The van der Waals surface area contributed by atoms with E-state index in [1.165, 1.54) is 6.33 Å². The zero-order valence-electron chi connectivity index (χ0n) is 13.3. The lowest BCUT2D eigenvalue weighted by molar-refractivity contribution is -0.394. The zero-order valence-corrected chi connectivity index (χ0v) is 13.3. The van der Waals surface area contributed by atoms with Crippen LogP contribution >= 0.6 is 0 Å². The van der Waals surface area contributed by atoms with Crippen LogP contribution in [-0.4, -0.2) is 35.7 Å². The maximum absolute atomic E-state index is 10.9. The highest BCUT2D eigenvalue weighted by molar-refractivity contribution is 5.82. The predicted octanol–water partition coefficient (Wildman–Crippen LogP) is 2.21. The van der Waals surface area contributed by atoms with Gasteiger partial charge in [0.1, 0.15) is 0 Å². The van der Waals surface area contributed by atoms with Crippen molar-refractivity contribution in [1.82, 2.24) is 19.5 Å².